The molecule has 0 radical (unpaired) electrons. The van der Waals surface area contributed by atoms with Gasteiger partial charge in [0.25, 0.3) is 0 Å². The lowest BCUT2D eigenvalue weighted by Crippen LogP contribution is -2.45. The van der Waals surface area contributed by atoms with Crippen molar-refractivity contribution in [3.63, 3.8) is 0 Å². The van der Waals surface area contributed by atoms with E-state index in [0.717, 1.165) is 11.7 Å². The van der Waals surface area contributed by atoms with Crippen LogP contribution in [0.1, 0.15) is 40.0 Å². The van der Waals surface area contributed by atoms with Crippen LogP contribution in [-0.4, -0.2) is 11.0 Å². The molecular weight excluding hydrogens is 222 g/mol. The Morgan fingerprint density at radius 1 is 1.33 bits per heavy atom. The lowest BCUT2D eigenvalue weighted by atomic mass is 9.68. The van der Waals surface area contributed by atoms with Crippen LogP contribution in [0.15, 0.2) is 18.2 Å². The van der Waals surface area contributed by atoms with Gasteiger partial charge in [0.1, 0.15) is 11.6 Å². The highest BCUT2D eigenvalue weighted by Gasteiger charge is 2.59. The van der Waals surface area contributed by atoms with Crippen LogP contribution in [0.2, 0.25) is 0 Å². The van der Waals surface area contributed by atoms with Crippen LogP contribution in [0.25, 0.3) is 0 Å². The van der Waals surface area contributed by atoms with Crippen molar-refractivity contribution in [1.29, 1.82) is 0 Å². The average Bonchev–Trinajstić information content (AvgIpc) is 2.76. The van der Waals surface area contributed by atoms with E-state index in [1.165, 1.54) is 19.3 Å². The van der Waals surface area contributed by atoms with Crippen LogP contribution in [0.4, 0.5) is 11.6 Å². The highest BCUT2D eigenvalue weighted by Crippen LogP contribution is 2.62. The number of anilines is 2. The average molecular weight is 245 g/mol. The molecule has 2 fully saturated rings. The van der Waals surface area contributed by atoms with Gasteiger partial charge in [-0.25, -0.2) is 4.98 Å². The summed E-state index contributed by atoms with van der Waals surface area (Å²) < 4.78 is 0. The topological polar surface area (TPSA) is 50.9 Å². The molecular formula is C15H23N3. The van der Waals surface area contributed by atoms with Crippen molar-refractivity contribution < 1.29 is 0 Å². The maximum atomic E-state index is 5.76. The van der Waals surface area contributed by atoms with Gasteiger partial charge in [-0.15, -0.1) is 0 Å². The van der Waals surface area contributed by atoms with Crippen molar-refractivity contribution in [2.75, 3.05) is 11.1 Å². The second-order valence-electron chi connectivity index (χ2n) is 6.94. The smallest absolute Gasteiger partial charge is 0.128 e. The molecule has 3 N–H and O–H groups in total. The van der Waals surface area contributed by atoms with Gasteiger partial charge in [0.15, 0.2) is 0 Å². The van der Waals surface area contributed by atoms with Gasteiger partial charge in [0, 0.05) is 6.04 Å². The Kier molecular flexibility index (Phi) is 2.38. The van der Waals surface area contributed by atoms with Gasteiger partial charge >= 0.3 is 0 Å². The highest BCUT2D eigenvalue weighted by atomic mass is 15.1. The van der Waals surface area contributed by atoms with Crippen LogP contribution in [0, 0.1) is 16.7 Å². The zero-order chi connectivity index (χ0) is 13.0. The minimum Gasteiger partial charge on any atom is -0.384 e. The number of nitrogens with two attached hydrogens (primary N) is 1. The normalized spacial score (nSPS) is 36.8. The van der Waals surface area contributed by atoms with Crippen molar-refractivity contribution in [2.45, 2.75) is 46.1 Å². The third-order valence-corrected chi connectivity index (χ3v) is 5.33. The van der Waals surface area contributed by atoms with E-state index >= 15 is 0 Å². The number of nitrogens with zero attached hydrogens (tertiary/aromatic N) is 1. The van der Waals surface area contributed by atoms with Crippen LogP contribution in [-0.2, 0) is 0 Å². The Morgan fingerprint density at radius 2 is 2.11 bits per heavy atom. The van der Waals surface area contributed by atoms with Gasteiger partial charge in [0.05, 0.1) is 0 Å². The molecule has 1 heterocycles. The molecule has 2 aliphatic rings. The van der Waals surface area contributed by atoms with E-state index in [1.807, 2.05) is 18.2 Å². The molecule has 3 rings (SSSR count). The first-order valence-electron chi connectivity index (χ1n) is 6.91. The molecule has 98 valence electrons. The Balaban J connectivity index is 1.88. The Morgan fingerprint density at radius 3 is 2.72 bits per heavy atom. The second-order valence-corrected chi connectivity index (χ2v) is 6.94. The van der Waals surface area contributed by atoms with E-state index in [4.69, 9.17) is 5.73 Å². The second kappa shape index (κ2) is 3.62. The third kappa shape index (κ3) is 1.60. The predicted molar refractivity (Wildman–Crippen MR) is 75.3 cm³/mol. The first-order valence-corrected chi connectivity index (χ1v) is 6.91. The van der Waals surface area contributed by atoms with Gasteiger partial charge in [0.2, 0.25) is 0 Å². The number of aromatic nitrogens is 1. The van der Waals surface area contributed by atoms with Gasteiger partial charge in [-0.05, 0) is 48.1 Å². The zero-order valence-electron chi connectivity index (χ0n) is 11.5. The lowest BCUT2D eigenvalue weighted by molar-refractivity contribution is 0.155. The first-order chi connectivity index (χ1) is 8.42. The molecule has 18 heavy (non-hydrogen) atoms. The molecule has 0 amide bonds. The van der Waals surface area contributed by atoms with Crippen molar-refractivity contribution in [1.82, 2.24) is 4.98 Å². The minimum atomic E-state index is 0.347. The number of fused-ring (bicyclic) bond motifs is 2. The quantitative estimate of drug-likeness (QED) is 0.840. The minimum absolute atomic E-state index is 0.347. The summed E-state index contributed by atoms with van der Waals surface area (Å²) in [4.78, 5) is 4.38. The number of nitrogen functional groups attached to an aromatic ring is 1. The molecule has 0 saturated heterocycles. The fourth-order valence-corrected chi connectivity index (χ4v) is 4.34. The van der Waals surface area contributed by atoms with Crippen molar-refractivity contribution in [2.24, 2.45) is 16.7 Å². The predicted octanol–water partition coefficient (Wildman–Crippen LogP) is 3.29. The maximum Gasteiger partial charge on any atom is 0.128 e. The first kappa shape index (κ1) is 11.8. The van der Waals surface area contributed by atoms with Crippen molar-refractivity contribution in [3.8, 4) is 0 Å². The SMILES string of the molecule is CC12CCC(C1)C(C)(C)C2Nc1cccc(N)n1. The molecule has 0 aromatic carbocycles. The molecule has 2 aliphatic carbocycles. The summed E-state index contributed by atoms with van der Waals surface area (Å²) in [5, 5.41) is 3.65. The molecule has 3 heteroatoms. The van der Waals surface area contributed by atoms with Crippen molar-refractivity contribution >= 4 is 11.6 Å². The summed E-state index contributed by atoms with van der Waals surface area (Å²) in [7, 11) is 0. The van der Waals surface area contributed by atoms with Gasteiger partial charge in [-0.2, -0.15) is 0 Å². The van der Waals surface area contributed by atoms with Gasteiger partial charge in [-0.3, -0.25) is 0 Å². The molecule has 0 spiro atoms. The fourth-order valence-electron chi connectivity index (χ4n) is 4.34. The summed E-state index contributed by atoms with van der Waals surface area (Å²) in [6.07, 6.45) is 4.06. The third-order valence-electron chi connectivity index (χ3n) is 5.33. The summed E-state index contributed by atoms with van der Waals surface area (Å²) in [5.41, 5.74) is 6.52. The lowest BCUT2D eigenvalue weighted by Gasteiger charge is -2.43. The Bertz CT molecular complexity index is 464. The van der Waals surface area contributed by atoms with Crippen LogP contribution < -0.4 is 11.1 Å². The molecule has 0 aliphatic heterocycles. The van der Waals surface area contributed by atoms with E-state index in [-0.39, 0.29) is 0 Å². The molecule has 3 nitrogen and oxygen atoms in total. The maximum absolute atomic E-state index is 5.76. The largest absolute Gasteiger partial charge is 0.384 e. The number of pyridine rings is 1. The van der Waals surface area contributed by atoms with Crippen molar-refractivity contribution in [3.05, 3.63) is 18.2 Å². The molecule has 1 aromatic heterocycles. The van der Waals surface area contributed by atoms with Crippen LogP contribution >= 0.6 is 0 Å². The van der Waals surface area contributed by atoms with Gasteiger partial charge < -0.3 is 11.1 Å². The summed E-state index contributed by atoms with van der Waals surface area (Å²) in [6, 6.07) is 6.31. The van der Waals surface area contributed by atoms with E-state index in [0.29, 0.717) is 22.7 Å². The van der Waals surface area contributed by atoms with E-state index in [1.54, 1.807) is 0 Å². The number of hydrogen-bond acceptors (Lipinski definition) is 3. The number of nitrogens with one attached hydrogen (secondary N) is 1. The molecule has 3 atom stereocenters. The summed E-state index contributed by atoms with van der Waals surface area (Å²) in [6.45, 7) is 7.21. The number of rotatable bonds is 2. The van der Waals surface area contributed by atoms with Gasteiger partial charge in [-0.1, -0.05) is 26.8 Å². The standard InChI is InChI=1S/C15H23N3/c1-14(2)10-7-8-15(3,9-10)13(14)18-12-6-4-5-11(16)17-12/h4-6,10,13H,7-9H2,1-3H3,(H3,16,17,18). The van der Waals surface area contributed by atoms with E-state index < -0.39 is 0 Å². The fraction of sp³-hybridized carbons (Fsp3) is 0.667. The molecule has 2 saturated carbocycles. The van der Waals surface area contributed by atoms with E-state index in [2.05, 4.69) is 31.1 Å². The molecule has 3 unspecified atom stereocenters. The van der Waals surface area contributed by atoms with E-state index in [9.17, 15) is 0 Å². The molecule has 2 bridgehead atoms. The van der Waals surface area contributed by atoms with Crippen LogP contribution in [0.3, 0.4) is 0 Å². The Hall–Kier alpha value is -1.25. The Labute approximate surface area is 109 Å². The zero-order valence-corrected chi connectivity index (χ0v) is 11.5. The van der Waals surface area contributed by atoms with Crippen LogP contribution in [0.5, 0.6) is 0 Å². The summed E-state index contributed by atoms with van der Waals surface area (Å²) in [5.74, 6) is 2.36. The monoisotopic (exact) mass is 245 g/mol. The number of hydrogen-bond donors (Lipinski definition) is 2. The summed E-state index contributed by atoms with van der Waals surface area (Å²) >= 11 is 0. The molecule has 1 aromatic rings. The highest BCUT2D eigenvalue weighted by molar-refractivity contribution is 5.44.